The average molecular weight is 454 g/mol. The summed E-state index contributed by atoms with van der Waals surface area (Å²) in [6.45, 7) is 0. The number of hydrogen-bond acceptors (Lipinski definition) is 4. The molecule has 0 aliphatic heterocycles. The summed E-state index contributed by atoms with van der Waals surface area (Å²) in [5, 5.41) is 6.14. The maximum Gasteiger partial charge on any atom is 0.273 e. The van der Waals surface area contributed by atoms with E-state index in [1.165, 1.54) is 54.8 Å². The Bertz CT molecular complexity index is 1300. The molecule has 1 amide bonds. The smallest absolute Gasteiger partial charge is 0.267 e. The van der Waals surface area contributed by atoms with Gasteiger partial charge in [-0.3, -0.25) is 4.79 Å². The minimum absolute atomic E-state index is 0.271. The van der Waals surface area contributed by atoms with E-state index in [1.54, 1.807) is 24.3 Å². The van der Waals surface area contributed by atoms with Gasteiger partial charge in [-0.25, -0.2) is 13.8 Å². The number of halogens is 3. The predicted octanol–water partition coefficient (Wildman–Crippen LogP) is 6.31. The lowest BCUT2D eigenvalue weighted by Gasteiger charge is -2.11. The van der Waals surface area contributed by atoms with Crippen LogP contribution in [0, 0.1) is 11.6 Å². The van der Waals surface area contributed by atoms with Gasteiger partial charge in [-0.1, -0.05) is 53.3 Å². The van der Waals surface area contributed by atoms with E-state index in [-0.39, 0.29) is 10.9 Å². The third kappa shape index (κ3) is 5.02. The Morgan fingerprint density at radius 2 is 1.77 bits per heavy atom. The minimum atomic E-state index is -0.474. The topological polar surface area (TPSA) is 45.6 Å². The normalized spacial score (nSPS) is 11.6. The van der Waals surface area contributed by atoms with Crippen molar-refractivity contribution in [2.24, 2.45) is 5.10 Å². The van der Waals surface area contributed by atoms with Crippen molar-refractivity contribution < 1.29 is 13.6 Å². The summed E-state index contributed by atoms with van der Waals surface area (Å²) in [5.74, 6) is -1.24. The second-order valence-electron chi connectivity index (χ2n) is 6.41. The second-order valence-corrected chi connectivity index (χ2v) is 7.83. The van der Waals surface area contributed by atoms with Crippen LogP contribution < -0.4 is 5.01 Å². The van der Waals surface area contributed by atoms with Gasteiger partial charge >= 0.3 is 0 Å². The van der Waals surface area contributed by atoms with E-state index in [9.17, 15) is 13.6 Å². The van der Waals surface area contributed by atoms with Gasteiger partial charge in [0.25, 0.3) is 5.91 Å². The number of fused-ring (bicyclic) bond motifs is 1. The highest BCUT2D eigenvalue weighted by Gasteiger charge is 2.17. The predicted molar refractivity (Wildman–Crippen MR) is 122 cm³/mol. The van der Waals surface area contributed by atoms with Crippen LogP contribution in [0.3, 0.4) is 0 Å². The van der Waals surface area contributed by atoms with E-state index in [4.69, 9.17) is 11.6 Å². The molecule has 0 spiro atoms. The zero-order valence-electron chi connectivity index (χ0n) is 15.9. The summed E-state index contributed by atoms with van der Waals surface area (Å²) in [6, 6.07) is 17.0. The molecule has 0 radical (unpaired) electrons. The fourth-order valence-electron chi connectivity index (χ4n) is 2.69. The third-order valence-corrected chi connectivity index (χ3v) is 5.57. The number of benzene rings is 3. The van der Waals surface area contributed by atoms with Crippen LogP contribution in [0.5, 0.6) is 0 Å². The van der Waals surface area contributed by atoms with Crippen LogP contribution >= 0.6 is 22.9 Å². The summed E-state index contributed by atoms with van der Waals surface area (Å²) in [6.07, 6.45) is 4.33. The molecular formula is C23H14ClF2N3OS. The quantitative estimate of drug-likeness (QED) is 0.202. The molecule has 4 rings (SSSR count). The van der Waals surface area contributed by atoms with E-state index in [0.717, 1.165) is 16.3 Å². The molecule has 0 bridgehead atoms. The third-order valence-electron chi connectivity index (χ3n) is 4.23. The standard InChI is InChI=1S/C23H14ClF2N3OS/c24-19-4-2-1-3-16(19)7-12-22(30)29(27-14-15-5-8-17(25)9-6-15)23-28-20-11-10-18(26)13-21(20)31-23/h1-14H/b12-7+,27-14+. The fourth-order valence-corrected chi connectivity index (χ4v) is 3.85. The number of thiazole rings is 1. The van der Waals surface area contributed by atoms with Crippen LogP contribution in [-0.4, -0.2) is 17.1 Å². The van der Waals surface area contributed by atoms with Crippen LogP contribution in [0.1, 0.15) is 11.1 Å². The van der Waals surface area contributed by atoms with Crippen molar-refractivity contribution in [2.75, 3.05) is 5.01 Å². The Labute approximate surface area is 185 Å². The molecule has 3 aromatic carbocycles. The highest BCUT2D eigenvalue weighted by atomic mass is 35.5. The summed E-state index contributed by atoms with van der Waals surface area (Å²) in [7, 11) is 0. The number of nitrogens with zero attached hydrogens (tertiary/aromatic N) is 3. The molecule has 8 heteroatoms. The molecule has 0 saturated carbocycles. The van der Waals surface area contributed by atoms with E-state index in [2.05, 4.69) is 10.1 Å². The van der Waals surface area contributed by atoms with Gasteiger partial charge in [-0.2, -0.15) is 10.1 Å². The first-order valence-corrected chi connectivity index (χ1v) is 10.3. The Balaban J connectivity index is 1.69. The summed E-state index contributed by atoms with van der Waals surface area (Å²) < 4.78 is 27.3. The molecule has 4 nitrogen and oxygen atoms in total. The molecule has 0 aliphatic rings. The zero-order chi connectivity index (χ0) is 21.8. The molecular weight excluding hydrogens is 440 g/mol. The van der Waals surface area contributed by atoms with Crippen molar-refractivity contribution in [3.05, 3.63) is 101 Å². The van der Waals surface area contributed by atoms with Crippen molar-refractivity contribution in [3.63, 3.8) is 0 Å². The lowest BCUT2D eigenvalue weighted by molar-refractivity contribution is -0.114. The van der Waals surface area contributed by atoms with Gasteiger partial charge in [0.15, 0.2) is 0 Å². The molecule has 0 unspecified atom stereocenters. The van der Waals surface area contributed by atoms with Gasteiger partial charge in [0.2, 0.25) is 5.13 Å². The molecule has 0 fully saturated rings. The van der Waals surface area contributed by atoms with E-state index >= 15 is 0 Å². The van der Waals surface area contributed by atoms with Gasteiger partial charge in [0.1, 0.15) is 11.6 Å². The summed E-state index contributed by atoms with van der Waals surface area (Å²) in [4.78, 5) is 17.4. The minimum Gasteiger partial charge on any atom is -0.267 e. The molecule has 31 heavy (non-hydrogen) atoms. The lowest BCUT2D eigenvalue weighted by Crippen LogP contribution is -2.23. The Morgan fingerprint density at radius 1 is 1.03 bits per heavy atom. The summed E-state index contributed by atoms with van der Waals surface area (Å²) >= 11 is 7.27. The SMILES string of the molecule is O=C(/C=C/c1ccccc1Cl)N(/N=C/c1ccc(F)cc1)c1nc2ccc(F)cc2s1. The van der Waals surface area contributed by atoms with Crippen LogP contribution in [0.2, 0.25) is 5.02 Å². The number of rotatable bonds is 5. The molecule has 0 saturated heterocycles. The van der Waals surface area contributed by atoms with Gasteiger partial charge in [0.05, 0.1) is 16.4 Å². The highest BCUT2D eigenvalue weighted by Crippen LogP contribution is 2.30. The number of amides is 1. The second kappa shape index (κ2) is 9.16. The zero-order valence-corrected chi connectivity index (χ0v) is 17.4. The fraction of sp³-hybridized carbons (Fsp3) is 0. The van der Waals surface area contributed by atoms with Crippen molar-refractivity contribution in [1.29, 1.82) is 0 Å². The maximum absolute atomic E-state index is 13.6. The Hall–Kier alpha value is -3.42. The maximum atomic E-state index is 13.6. The van der Waals surface area contributed by atoms with Crippen LogP contribution in [0.15, 0.2) is 77.9 Å². The summed E-state index contributed by atoms with van der Waals surface area (Å²) in [5.41, 5.74) is 1.82. The van der Waals surface area contributed by atoms with Crippen molar-refractivity contribution in [1.82, 2.24) is 4.98 Å². The molecule has 0 aliphatic carbocycles. The van der Waals surface area contributed by atoms with Crippen LogP contribution in [-0.2, 0) is 4.79 Å². The lowest BCUT2D eigenvalue weighted by atomic mass is 10.2. The molecule has 154 valence electrons. The van der Waals surface area contributed by atoms with Crippen molar-refractivity contribution in [3.8, 4) is 0 Å². The number of aromatic nitrogens is 1. The van der Waals surface area contributed by atoms with E-state index < -0.39 is 11.7 Å². The van der Waals surface area contributed by atoms with Gasteiger partial charge in [-0.15, -0.1) is 0 Å². The molecule has 1 heterocycles. The number of carbonyl (C=O) groups is 1. The van der Waals surface area contributed by atoms with Gasteiger partial charge in [-0.05, 0) is 53.6 Å². The molecule has 0 N–H and O–H groups in total. The van der Waals surface area contributed by atoms with Crippen molar-refractivity contribution in [2.45, 2.75) is 0 Å². The highest BCUT2D eigenvalue weighted by molar-refractivity contribution is 7.22. The molecule has 0 atom stereocenters. The monoisotopic (exact) mass is 453 g/mol. The van der Waals surface area contributed by atoms with E-state index in [1.807, 2.05) is 6.07 Å². The molecule has 1 aromatic heterocycles. The van der Waals surface area contributed by atoms with E-state index in [0.29, 0.717) is 26.4 Å². The number of anilines is 1. The Kier molecular flexibility index (Phi) is 6.16. The number of hydrogen-bond donors (Lipinski definition) is 0. The number of hydrazone groups is 1. The molecule has 4 aromatic rings. The first-order valence-electron chi connectivity index (χ1n) is 9.12. The Morgan fingerprint density at radius 3 is 2.55 bits per heavy atom. The largest absolute Gasteiger partial charge is 0.273 e. The number of carbonyl (C=O) groups excluding carboxylic acids is 1. The van der Waals surface area contributed by atoms with Crippen LogP contribution in [0.4, 0.5) is 13.9 Å². The van der Waals surface area contributed by atoms with Gasteiger partial charge < -0.3 is 0 Å². The first-order chi connectivity index (χ1) is 15.0. The van der Waals surface area contributed by atoms with Crippen LogP contribution in [0.25, 0.3) is 16.3 Å². The first kappa shape index (κ1) is 20.8. The average Bonchev–Trinajstić information content (AvgIpc) is 3.17. The van der Waals surface area contributed by atoms with Crippen molar-refractivity contribution >= 4 is 56.5 Å². The van der Waals surface area contributed by atoms with Gasteiger partial charge in [0, 0.05) is 11.1 Å².